The topological polar surface area (TPSA) is 116 Å². The molecule has 8 heteroatoms. The van der Waals surface area contributed by atoms with Crippen molar-refractivity contribution in [2.45, 2.75) is 27.7 Å². The summed E-state index contributed by atoms with van der Waals surface area (Å²) < 4.78 is 0. The van der Waals surface area contributed by atoms with E-state index in [1.165, 1.54) is 18.7 Å². The van der Waals surface area contributed by atoms with Crippen molar-refractivity contribution in [3.63, 3.8) is 0 Å². The van der Waals surface area contributed by atoms with Crippen molar-refractivity contribution in [2.75, 3.05) is 19.6 Å². The Kier molecular flexibility index (Phi) is 7.74. The molecule has 0 aromatic carbocycles. The van der Waals surface area contributed by atoms with Crippen molar-refractivity contribution in [2.24, 2.45) is 0 Å². The fourth-order valence-corrected chi connectivity index (χ4v) is 1.42. The summed E-state index contributed by atoms with van der Waals surface area (Å²) >= 11 is 0. The van der Waals surface area contributed by atoms with Crippen LogP contribution in [0.4, 0.5) is 4.79 Å². The number of carboxylic acids is 1. The second-order valence-electron chi connectivity index (χ2n) is 4.26. The number of rotatable bonds is 6. The minimum Gasteiger partial charge on any atom is -0.478 e. The SMILES string of the molecule is CCN(CC)C(=O)CNC(=O)NC(=O)C(C)=C(C)C(=O)O. The fourth-order valence-electron chi connectivity index (χ4n) is 1.42. The molecule has 0 heterocycles. The second kappa shape index (κ2) is 8.72. The van der Waals surface area contributed by atoms with E-state index in [1.807, 2.05) is 19.2 Å². The highest BCUT2D eigenvalue weighted by Crippen LogP contribution is 2.03. The van der Waals surface area contributed by atoms with Gasteiger partial charge in [-0.15, -0.1) is 0 Å². The summed E-state index contributed by atoms with van der Waals surface area (Å²) in [7, 11) is 0. The van der Waals surface area contributed by atoms with Gasteiger partial charge in [0.25, 0.3) is 5.91 Å². The molecule has 0 spiro atoms. The highest BCUT2D eigenvalue weighted by molar-refractivity contribution is 6.07. The lowest BCUT2D eigenvalue weighted by Gasteiger charge is -2.18. The van der Waals surface area contributed by atoms with Gasteiger partial charge in [0.1, 0.15) is 0 Å². The molecule has 3 N–H and O–H groups in total. The van der Waals surface area contributed by atoms with Gasteiger partial charge in [-0.05, 0) is 27.7 Å². The van der Waals surface area contributed by atoms with Gasteiger partial charge in [-0.1, -0.05) is 0 Å². The molecule has 0 rings (SSSR count). The van der Waals surface area contributed by atoms with Crippen molar-refractivity contribution in [1.29, 1.82) is 0 Å². The monoisotopic (exact) mass is 299 g/mol. The molecule has 21 heavy (non-hydrogen) atoms. The van der Waals surface area contributed by atoms with Crippen LogP contribution in [-0.4, -0.2) is 53.5 Å². The fraction of sp³-hybridized carbons (Fsp3) is 0.538. The van der Waals surface area contributed by atoms with Gasteiger partial charge < -0.3 is 15.3 Å². The zero-order valence-electron chi connectivity index (χ0n) is 12.6. The van der Waals surface area contributed by atoms with E-state index in [0.29, 0.717) is 13.1 Å². The first-order valence-corrected chi connectivity index (χ1v) is 6.52. The van der Waals surface area contributed by atoms with Crippen LogP contribution in [0.3, 0.4) is 0 Å². The van der Waals surface area contributed by atoms with E-state index < -0.39 is 17.9 Å². The van der Waals surface area contributed by atoms with Gasteiger partial charge in [0, 0.05) is 24.2 Å². The van der Waals surface area contributed by atoms with E-state index in [4.69, 9.17) is 5.11 Å². The molecule has 0 aromatic rings. The van der Waals surface area contributed by atoms with Crippen molar-refractivity contribution >= 4 is 23.8 Å². The molecule has 0 bridgehead atoms. The number of nitrogens with one attached hydrogen (secondary N) is 2. The Hall–Kier alpha value is -2.38. The second-order valence-corrected chi connectivity index (χ2v) is 4.26. The quantitative estimate of drug-likeness (QED) is 0.602. The summed E-state index contributed by atoms with van der Waals surface area (Å²) in [5.74, 6) is -2.32. The Bertz CT molecular complexity index is 466. The summed E-state index contributed by atoms with van der Waals surface area (Å²) in [6, 6.07) is -0.849. The molecule has 0 aliphatic heterocycles. The van der Waals surface area contributed by atoms with Gasteiger partial charge >= 0.3 is 12.0 Å². The summed E-state index contributed by atoms with van der Waals surface area (Å²) in [4.78, 5) is 46.9. The third kappa shape index (κ3) is 6.07. The zero-order chi connectivity index (χ0) is 16.6. The van der Waals surface area contributed by atoms with Crippen LogP contribution in [0.2, 0.25) is 0 Å². The summed E-state index contributed by atoms with van der Waals surface area (Å²) in [6.45, 7) is 7.00. The van der Waals surface area contributed by atoms with E-state index in [1.54, 1.807) is 0 Å². The molecular weight excluding hydrogens is 278 g/mol. The van der Waals surface area contributed by atoms with Crippen LogP contribution < -0.4 is 10.6 Å². The number of hydrogen-bond donors (Lipinski definition) is 3. The largest absolute Gasteiger partial charge is 0.478 e. The van der Waals surface area contributed by atoms with Crippen molar-refractivity contribution in [1.82, 2.24) is 15.5 Å². The van der Waals surface area contributed by atoms with Crippen LogP contribution in [-0.2, 0) is 14.4 Å². The van der Waals surface area contributed by atoms with Crippen LogP contribution in [0.25, 0.3) is 0 Å². The molecule has 0 radical (unpaired) electrons. The maximum Gasteiger partial charge on any atom is 0.331 e. The number of carbonyl (C=O) groups excluding carboxylic acids is 3. The van der Waals surface area contributed by atoms with Gasteiger partial charge in [-0.25, -0.2) is 9.59 Å². The third-order valence-electron chi connectivity index (χ3n) is 2.97. The van der Waals surface area contributed by atoms with Crippen LogP contribution in [0, 0.1) is 0 Å². The van der Waals surface area contributed by atoms with Gasteiger partial charge in [0.05, 0.1) is 6.54 Å². The highest BCUT2D eigenvalue weighted by atomic mass is 16.4. The number of amides is 4. The molecule has 0 aliphatic rings. The normalized spacial score (nSPS) is 11.2. The molecule has 0 unspecified atom stereocenters. The molecular formula is C13H21N3O5. The molecule has 0 aromatic heterocycles. The van der Waals surface area contributed by atoms with Crippen LogP contribution in [0.1, 0.15) is 27.7 Å². The molecule has 0 atom stereocenters. The lowest BCUT2D eigenvalue weighted by Crippen LogP contribution is -2.45. The smallest absolute Gasteiger partial charge is 0.331 e. The van der Waals surface area contributed by atoms with Crippen molar-refractivity contribution in [3.8, 4) is 0 Å². The minimum atomic E-state index is -1.24. The average molecular weight is 299 g/mol. The Morgan fingerprint density at radius 3 is 1.95 bits per heavy atom. The number of carboxylic acid groups (broad SMARTS) is 1. The van der Waals surface area contributed by atoms with Gasteiger partial charge in [-0.2, -0.15) is 0 Å². The lowest BCUT2D eigenvalue weighted by molar-refractivity contribution is -0.133. The Morgan fingerprint density at radius 2 is 1.52 bits per heavy atom. The van der Waals surface area contributed by atoms with Crippen LogP contribution >= 0.6 is 0 Å². The van der Waals surface area contributed by atoms with Gasteiger partial charge in [-0.3, -0.25) is 14.9 Å². The van der Waals surface area contributed by atoms with E-state index in [2.05, 4.69) is 5.32 Å². The highest BCUT2D eigenvalue weighted by Gasteiger charge is 2.16. The number of nitrogens with zero attached hydrogens (tertiary/aromatic N) is 1. The Balaban J connectivity index is 4.46. The number of carbonyl (C=O) groups is 4. The molecule has 0 saturated carbocycles. The Labute approximate surface area is 123 Å². The standard InChI is InChI=1S/C13H21N3O5/c1-5-16(6-2)10(17)7-14-13(21)15-11(18)8(3)9(4)12(19)20/h5-7H2,1-4H3,(H,19,20)(H2,14,15,18,21). The number of likely N-dealkylation sites (N-methyl/N-ethyl adjacent to an activating group) is 1. The first-order chi connectivity index (χ1) is 9.74. The maximum absolute atomic E-state index is 11.6. The average Bonchev–Trinajstić information content (AvgIpc) is 2.44. The van der Waals surface area contributed by atoms with Crippen molar-refractivity contribution in [3.05, 3.63) is 11.1 Å². The third-order valence-corrected chi connectivity index (χ3v) is 2.97. The van der Waals surface area contributed by atoms with E-state index in [-0.39, 0.29) is 23.6 Å². The molecule has 4 amide bonds. The summed E-state index contributed by atoms with van der Waals surface area (Å²) in [6.07, 6.45) is 0. The van der Waals surface area contributed by atoms with Gasteiger partial charge in [0.2, 0.25) is 5.91 Å². The van der Waals surface area contributed by atoms with Crippen LogP contribution in [0.15, 0.2) is 11.1 Å². The maximum atomic E-state index is 11.6. The summed E-state index contributed by atoms with van der Waals surface area (Å²) in [5.41, 5.74) is -0.229. The van der Waals surface area contributed by atoms with E-state index in [0.717, 1.165) is 0 Å². The zero-order valence-corrected chi connectivity index (χ0v) is 12.6. The van der Waals surface area contributed by atoms with Crippen LogP contribution in [0.5, 0.6) is 0 Å². The molecule has 0 saturated heterocycles. The van der Waals surface area contributed by atoms with E-state index in [9.17, 15) is 19.2 Å². The molecule has 118 valence electrons. The molecule has 0 aliphatic carbocycles. The lowest BCUT2D eigenvalue weighted by atomic mass is 10.1. The van der Waals surface area contributed by atoms with E-state index >= 15 is 0 Å². The number of urea groups is 1. The number of imide groups is 1. The number of hydrogen-bond acceptors (Lipinski definition) is 4. The molecule has 0 fully saturated rings. The summed E-state index contributed by atoms with van der Waals surface area (Å²) in [5, 5.41) is 13.0. The molecule has 8 nitrogen and oxygen atoms in total. The predicted octanol–water partition coefficient (Wildman–Crippen LogP) is 0.102. The van der Waals surface area contributed by atoms with Crippen molar-refractivity contribution < 1.29 is 24.3 Å². The predicted molar refractivity (Wildman–Crippen MR) is 75.5 cm³/mol. The first kappa shape index (κ1) is 18.6. The Morgan fingerprint density at radius 1 is 1.00 bits per heavy atom. The first-order valence-electron chi connectivity index (χ1n) is 6.52. The minimum absolute atomic E-state index is 0.0762. The van der Waals surface area contributed by atoms with Gasteiger partial charge in [0.15, 0.2) is 0 Å². The number of aliphatic carboxylic acids is 1.